The Hall–Kier alpha value is -1.09. The maximum absolute atomic E-state index is 10.2. The second-order valence-electron chi connectivity index (χ2n) is 4.36. The minimum Gasteiger partial charge on any atom is -0.492 e. The van der Waals surface area contributed by atoms with Gasteiger partial charge < -0.3 is 9.84 Å². The number of aliphatic imine (C=N–C) groups is 1. The van der Waals surface area contributed by atoms with Crippen molar-refractivity contribution in [3.05, 3.63) is 23.6 Å². The van der Waals surface area contributed by atoms with E-state index in [1.54, 1.807) is 6.21 Å². The summed E-state index contributed by atoms with van der Waals surface area (Å²) < 4.78 is 5.50. The van der Waals surface area contributed by atoms with E-state index in [0.29, 0.717) is 6.61 Å². The van der Waals surface area contributed by atoms with Crippen molar-refractivity contribution in [3.8, 4) is 0 Å². The lowest BCUT2D eigenvalue weighted by molar-refractivity contribution is 0.00152. The fraction of sp³-hybridized carbons (Fsp3) is 0.643. The van der Waals surface area contributed by atoms with Crippen LogP contribution in [0.4, 0.5) is 0 Å². The second kappa shape index (κ2) is 6.60. The molecule has 0 spiro atoms. The predicted octanol–water partition coefficient (Wildman–Crippen LogP) is 3.21. The summed E-state index contributed by atoms with van der Waals surface area (Å²) in [5, 5.41) is 10.2. The molecule has 1 rings (SSSR count). The average molecular weight is 237 g/mol. The van der Waals surface area contributed by atoms with Crippen LogP contribution in [0.15, 0.2) is 28.6 Å². The first-order valence-corrected chi connectivity index (χ1v) is 6.38. The van der Waals surface area contributed by atoms with Crippen molar-refractivity contribution >= 4 is 6.21 Å². The van der Waals surface area contributed by atoms with Crippen molar-refractivity contribution in [3.63, 3.8) is 0 Å². The number of allylic oxidation sites excluding steroid dienone is 3. The average Bonchev–Trinajstić information content (AvgIpc) is 2.31. The van der Waals surface area contributed by atoms with Gasteiger partial charge in [-0.05, 0) is 45.6 Å². The van der Waals surface area contributed by atoms with E-state index < -0.39 is 5.60 Å². The number of nitrogens with zero attached hydrogens (tertiary/aromatic N) is 1. The van der Waals surface area contributed by atoms with Gasteiger partial charge in [0.05, 0.1) is 18.5 Å². The van der Waals surface area contributed by atoms with E-state index in [-0.39, 0.29) is 0 Å². The topological polar surface area (TPSA) is 41.8 Å². The maximum atomic E-state index is 10.2. The van der Waals surface area contributed by atoms with Gasteiger partial charge in [-0.2, -0.15) is 0 Å². The van der Waals surface area contributed by atoms with Gasteiger partial charge in [-0.3, -0.25) is 4.99 Å². The van der Waals surface area contributed by atoms with Crippen LogP contribution >= 0.6 is 0 Å². The van der Waals surface area contributed by atoms with Crippen molar-refractivity contribution in [1.82, 2.24) is 0 Å². The highest BCUT2D eigenvalue weighted by atomic mass is 16.5. The molecule has 0 bridgehead atoms. The van der Waals surface area contributed by atoms with Gasteiger partial charge >= 0.3 is 0 Å². The van der Waals surface area contributed by atoms with E-state index in [1.165, 1.54) is 0 Å². The summed E-state index contributed by atoms with van der Waals surface area (Å²) in [6.45, 7) is 6.59. The van der Waals surface area contributed by atoms with Crippen molar-refractivity contribution < 1.29 is 9.84 Å². The summed E-state index contributed by atoms with van der Waals surface area (Å²) in [4.78, 5) is 4.35. The van der Waals surface area contributed by atoms with Crippen LogP contribution in [0.2, 0.25) is 0 Å². The van der Waals surface area contributed by atoms with Crippen LogP contribution in [0.5, 0.6) is 0 Å². The molecule has 3 heteroatoms. The van der Waals surface area contributed by atoms with Crippen LogP contribution in [0, 0.1) is 0 Å². The molecule has 17 heavy (non-hydrogen) atoms. The highest BCUT2D eigenvalue weighted by Crippen LogP contribution is 2.38. The van der Waals surface area contributed by atoms with Gasteiger partial charge in [0.1, 0.15) is 11.4 Å². The second-order valence-corrected chi connectivity index (χ2v) is 4.36. The molecule has 0 aromatic rings. The third-order valence-electron chi connectivity index (χ3n) is 3.02. The Morgan fingerprint density at radius 2 is 2.06 bits per heavy atom. The van der Waals surface area contributed by atoms with Crippen LogP contribution in [-0.4, -0.2) is 23.5 Å². The Labute approximate surface area is 104 Å². The van der Waals surface area contributed by atoms with Crippen LogP contribution in [0.3, 0.4) is 0 Å². The molecule has 96 valence electrons. The lowest BCUT2D eigenvalue weighted by Crippen LogP contribution is -2.38. The highest BCUT2D eigenvalue weighted by Gasteiger charge is 2.37. The van der Waals surface area contributed by atoms with E-state index in [9.17, 15) is 5.11 Å². The van der Waals surface area contributed by atoms with Crippen molar-refractivity contribution in [2.75, 3.05) is 6.61 Å². The van der Waals surface area contributed by atoms with Gasteiger partial charge in [0.2, 0.25) is 0 Å². The summed E-state index contributed by atoms with van der Waals surface area (Å²) in [7, 11) is 0. The molecule has 1 N–H and O–H groups in total. The zero-order valence-corrected chi connectivity index (χ0v) is 11.1. The van der Waals surface area contributed by atoms with E-state index in [1.807, 2.05) is 26.0 Å². The van der Waals surface area contributed by atoms with Crippen LogP contribution in [-0.2, 0) is 4.74 Å². The molecular formula is C14H23NO2. The molecule has 0 unspecified atom stereocenters. The van der Waals surface area contributed by atoms with Gasteiger partial charge in [-0.1, -0.05) is 13.0 Å². The Bertz CT molecular complexity index is 325. The smallest absolute Gasteiger partial charge is 0.133 e. The Balaban J connectivity index is 2.61. The molecule has 0 aliphatic heterocycles. The first-order chi connectivity index (χ1) is 8.16. The van der Waals surface area contributed by atoms with E-state index in [0.717, 1.165) is 37.1 Å². The quantitative estimate of drug-likeness (QED) is 0.569. The SMILES string of the molecule is C\C=C(/N=C/C(=C\C)OCCC)C1(O)CCC1. The Kier molecular flexibility index (Phi) is 5.42. The number of ether oxygens (including phenoxy) is 1. The number of aliphatic hydroxyl groups is 1. The van der Waals surface area contributed by atoms with Gasteiger partial charge in [-0.15, -0.1) is 0 Å². The molecule has 3 nitrogen and oxygen atoms in total. The monoisotopic (exact) mass is 237 g/mol. The summed E-state index contributed by atoms with van der Waals surface area (Å²) in [6, 6.07) is 0. The summed E-state index contributed by atoms with van der Waals surface area (Å²) >= 11 is 0. The van der Waals surface area contributed by atoms with Crippen molar-refractivity contribution in [1.29, 1.82) is 0 Å². The van der Waals surface area contributed by atoms with Crippen LogP contribution in [0.25, 0.3) is 0 Å². The zero-order valence-electron chi connectivity index (χ0n) is 11.1. The highest BCUT2D eigenvalue weighted by molar-refractivity contribution is 5.77. The predicted molar refractivity (Wildman–Crippen MR) is 71.0 cm³/mol. The lowest BCUT2D eigenvalue weighted by Gasteiger charge is -2.36. The Morgan fingerprint density at radius 1 is 1.35 bits per heavy atom. The fourth-order valence-electron chi connectivity index (χ4n) is 1.78. The standard InChI is InChI=1S/C14H23NO2/c1-4-10-17-12(5-2)11-15-13(6-3)14(16)8-7-9-14/h5-6,11,16H,4,7-10H2,1-3H3/b12-5+,13-6-,15-11+. The molecule has 0 aromatic carbocycles. The molecule has 1 aliphatic carbocycles. The first-order valence-electron chi connectivity index (χ1n) is 6.38. The number of hydrogen-bond acceptors (Lipinski definition) is 3. The van der Waals surface area contributed by atoms with Gasteiger partial charge in [0.15, 0.2) is 0 Å². The van der Waals surface area contributed by atoms with E-state index in [2.05, 4.69) is 11.9 Å². The molecule has 1 saturated carbocycles. The van der Waals surface area contributed by atoms with Crippen LogP contribution in [0.1, 0.15) is 46.5 Å². The van der Waals surface area contributed by atoms with Crippen molar-refractivity contribution in [2.24, 2.45) is 4.99 Å². The third kappa shape index (κ3) is 3.70. The first kappa shape index (κ1) is 14.0. The summed E-state index contributed by atoms with van der Waals surface area (Å²) in [6.07, 6.45) is 9.13. The maximum Gasteiger partial charge on any atom is 0.133 e. The van der Waals surface area contributed by atoms with Gasteiger partial charge in [-0.25, -0.2) is 0 Å². The fourth-order valence-corrected chi connectivity index (χ4v) is 1.78. The van der Waals surface area contributed by atoms with Crippen molar-refractivity contribution in [2.45, 2.75) is 52.1 Å². The van der Waals surface area contributed by atoms with Gasteiger partial charge in [0.25, 0.3) is 0 Å². The molecule has 0 heterocycles. The molecule has 0 radical (unpaired) electrons. The number of hydrogen-bond donors (Lipinski definition) is 1. The minimum atomic E-state index is -0.700. The molecule has 0 amide bonds. The zero-order chi connectivity index (χ0) is 12.7. The summed E-state index contributed by atoms with van der Waals surface area (Å²) in [5.41, 5.74) is 0.0534. The molecule has 0 atom stereocenters. The minimum absolute atomic E-state index is 0.696. The van der Waals surface area contributed by atoms with E-state index in [4.69, 9.17) is 4.74 Å². The van der Waals surface area contributed by atoms with Gasteiger partial charge in [0, 0.05) is 0 Å². The third-order valence-corrected chi connectivity index (χ3v) is 3.02. The molecule has 0 aromatic heterocycles. The molecule has 0 saturated heterocycles. The lowest BCUT2D eigenvalue weighted by atomic mass is 9.78. The molecule has 1 aliphatic rings. The summed E-state index contributed by atoms with van der Waals surface area (Å²) in [5.74, 6) is 0.758. The largest absolute Gasteiger partial charge is 0.492 e. The molecule has 1 fully saturated rings. The van der Waals surface area contributed by atoms with Crippen LogP contribution < -0.4 is 0 Å². The number of rotatable bonds is 6. The Morgan fingerprint density at radius 3 is 2.47 bits per heavy atom. The van der Waals surface area contributed by atoms with E-state index >= 15 is 0 Å². The normalized spacial score (nSPS) is 20.5. The molecular weight excluding hydrogens is 214 g/mol.